The summed E-state index contributed by atoms with van der Waals surface area (Å²) in [6, 6.07) is 19.9. The fourth-order valence-corrected chi connectivity index (χ4v) is 4.63. The molecule has 4 rings (SSSR count). The smallest absolute Gasteiger partial charge is 0.255 e. The SMILES string of the molecule is Cc1ccc(C(=O)Nc2cccc(CNC(=O)CC3Sc4ccc(Cl)cc4NC3=O)c2)cc1. The van der Waals surface area contributed by atoms with Gasteiger partial charge in [-0.25, -0.2) is 0 Å². The van der Waals surface area contributed by atoms with Crippen LogP contribution < -0.4 is 16.0 Å². The Balaban J connectivity index is 1.31. The maximum atomic E-state index is 12.5. The van der Waals surface area contributed by atoms with Crippen LogP contribution in [0.25, 0.3) is 0 Å². The topological polar surface area (TPSA) is 87.3 Å². The lowest BCUT2D eigenvalue weighted by atomic mass is 10.1. The first-order valence-corrected chi connectivity index (χ1v) is 11.6. The lowest BCUT2D eigenvalue weighted by Crippen LogP contribution is -2.34. The molecule has 0 aliphatic carbocycles. The number of amides is 3. The molecule has 1 aliphatic heterocycles. The molecule has 3 aromatic rings. The van der Waals surface area contributed by atoms with E-state index in [2.05, 4.69) is 16.0 Å². The maximum absolute atomic E-state index is 12.5. The number of anilines is 2. The number of halogens is 1. The van der Waals surface area contributed by atoms with E-state index in [1.165, 1.54) is 11.8 Å². The molecule has 1 unspecified atom stereocenters. The van der Waals surface area contributed by atoms with E-state index in [0.717, 1.165) is 16.0 Å². The Bertz CT molecular complexity index is 1210. The summed E-state index contributed by atoms with van der Waals surface area (Å²) in [6.07, 6.45) is 0.0580. The largest absolute Gasteiger partial charge is 0.352 e. The van der Waals surface area contributed by atoms with Crippen LogP contribution in [0.3, 0.4) is 0 Å². The third-order valence-electron chi connectivity index (χ3n) is 5.12. The normalized spacial score (nSPS) is 14.7. The first kappa shape index (κ1) is 22.9. The van der Waals surface area contributed by atoms with Crippen LogP contribution in [-0.2, 0) is 16.1 Å². The van der Waals surface area contributed by atoms with Crippen molar-refractivity contribution in [1.82, 2.24) is 5.32 Å². The third-order valence-corrected chi connectivity index (χ3v) is 6.63. The fourth-order valence-electron chi connectivity index (χ4n) is 3.37. The Morgan fingerprint density at radius 1 is 1.06 bits per heavy atom. The molecule has 168 valence electrons. The number of benzene rings is 3. The molecule has 8 heteroatoms. The van der Waals surface area contributed by atoms with Gasteiger partial charge in [0.05, 0.1) is 10.9 Å². The van der Waals surface area contributed by atoms with Gasteiger partial charge in [0.1, 0.15) is 0 Å². The number of thioether (sulfide) groups is 1. The molecule has 0 saturated carbocycles. The predicted molar refractivity (Wildman–Crippen MR) is 132 cm³/mol. The van der Waals surface area contributed by atoms with Crippen molar-refractivity contribution in [3.05, 3.63) is 88.4 Å². The fraction of sp³-hybridized carbons (Fsp3) is 0.160. The van der Waals surface area contributed by atoms with Crippen LogP contribution in [-0.4, -0.2) is 23.0 Å². The molecule has 1 atom stereocenters. The van der Waals surface area contributed by atoms with E-state index in [1.54, 1.807) is 30.3 Å². The molecule has 3 aromatic carbocycles. The minimum absolute atomic E-state index is 0.0580. The Morgan fingerprint density at radius 3 is 2.64 bits per heavy atom. The van der Waals surface area contributed by atoms with Crippen molar-refractivity contribution in [2.24, 2.45) is 0 Å². The van der Waals surface area contributed by atoms with Crippen molar-refractivity contribution in [1.29, 1.82) is 0 Å². The number of aryl methyl sites for hydroxylation is 1. The number of nitrogens with one attached hydrogen (secondary N) is 3. The highest BCUT2D eigenvalue weighted by Crippen LogP contribution is 2.38. The maximum Gasteiger partial charge on any atom is 0.255 e. The van der Waals surface area contributed by atoms with Gasteiger partial charge in [-0.2, -0.15) is 0 Å². The van der Waals surface area contributed by atoms with Crippen LogP contribution in [0.1, 0.15) is 27.9 Å². The summed E-state index contributed by atoms with van der Waals surface area (Å²) in [6.45, 7) is 2.26. The first-order chi connectivity index (χ1) is 15.9. The zero-order chi connectivity index (χ0) is 23.4. The third kappa shape index (κ3) is 5.94. The Labute approximate surface area is 201 Å². The monoisotopic (exact) mass is 479 g/mol. The molecule has 6 nitrogen and oxygen atoms in total. The van der Waals surface area contributed by atoms with E-state index in [-0.39, 0.29) is 30.7 Å². The number of carbonyl (C=O) groups is 3. The number of hydrogen-bond donors (Lipinski definition) is 3. The van der Waals surface area contributed by atoms with Crippen molar-refractivity contribution < 1.29 is 14.4 Å². The number of rotatable bonds is 6. The van der Waals surface area contributed by atoms with Crippen LogP contribution >= 0.6 is 23.4 Å². The molecule has 1 heterocycles. The Kier molecular flexibility index (Phi) is 7.01. The summed E-state index contributed by atoms with van der Waals surface area (Å²) in [4.78, 5) is 38.2. The highest BCUT2D eigenvalue weighted by molar-refractivity contribution is 8.01. The van der Waals surface area contributed by atoms with Crippen molar-refractivity contribution in [3.8, 4) is 0 Å². The highest BCUT2D eigenvalue weighted by atomic mass is 35.5. The minimum atomic E-state index is -0.515. The number of carbonyl (C=O) groups excluding carboxylic acids is 3. The van der Waals surface area contributed by atoms with Gasteiger partial charge >= 0.3 is 0 Å². The Morgan fingerprint density at radius 2 is 1.85 bits per heavy atom. The second kappa shape index (κ2) is 10.1. The molecule has 3 N–H and O–H groups in total. The van der Waals surface area contributed by atoms with Gasteiger partial charge in [-0.15, -0.1) is 11.8 Å². The average Bonchev–Trinajstić information content (AvgIpc) is 2.79. The molecule has 0 saturated heterocycles. The lowest BCUT2D eigenvalue weighted by Gasteiger charge is -2.23. The summed E-state index contributed by atoms with van der Waals surface area (Å²) in [7, 11) is 0. The van der Waals surface area contributed by atoms with Gasteiger partial charge in [0.25, 0.3) is 5.91 Å². The molecule has 3 amide bonds. The van der Waals surface area contributed by atoms with E-state index in [1.807, 2.05) is 43.3 Å². The van der Waals surface area contributed by atoms with Gasteiger partial charge in [-0.05, 0) is 55.0 Å². The van der Waals surface area contributed by atoms with Crippen molar-refractivity contribution in [2.75, 3.05) is 10.6 Å². The summed E-state index contributed by atoms with van der Waals surface area (Å²) in [5.41, 5.74) is 3.81. The molecular formula is C25H22ClN3O3S. The minimum Gasteiger partial charge on any atom is -0.352 e. The number of hydrogen-bond acceptors (Lipinski definition) is 4. The van der Waals surface area contributed by atoms with Gasteiger partial charge in [0.15, 0.2) is 0 Å². The first-order valence-electron chi connectivity index (χ1n) is 10.4. The van der Waals surface area contributed by atoms with E-state index in [4.69, 9.17) is 11.6 Å². The molecule has 0 radical (unpaired) electrons. The van der Waals surface area contributed by atoms with Crippen LogP contribution in [0.5, 0.6) is 0 Å². The second-order valence-electron chi connectivity index (χ2n) is 7.74. The number of fused-ring (bicyclic) bond motifs is 1. The molecule has 0 spiro atoms. The van der Waals surface area contributed by atoms with Crippen LogP contribution in [0.4, 0.5) is 11.4 Å². The van der Waals surface area contributed by atoms with E-state index in [0.29, 0.717) is 22.0 Å². The Hall–Kier alpha value is -3.29. The standard InChI is InChI=1S/C25H22ClN3O3S/c1-15-5-7-17(8-6-15)24(31)28-19-4-2-3-16(11-19)14-27-23(30)13-22-25(32)29-20-12-18(26)9-10-21(20)33-22/h2-12,22H,13-14H2,1H3,(H,27,30)(H,28,31)(H,29,32). The molecule has 0 fully saturated rings. The zero-order valence-electron chi connectivity index (χ0n) is 17.9. The van der Waals surface area contributed by atoms with Crippen LogP contribution in [0.2, 0.25) is 5.02 Å². The summed E-state index contributed by atoms with van der Waals surface area (Å²) in [5.74, 6) is -0.641. The highest BCUT2D eigenvalue weighted by Gasteiger charge is 2.29. The van der Waals surface area contributed by atoms with Crippen molar-refractivity contribution in [2.45, 2.75) is 30.0 Å². The van der Waals surface area contributed by atoms with Gasteiger partial charge in [0.2, 0.25) is 11.8 Å². The molecule has 0 aromatic heterocycles. The lowest BCUT2D eigenvalue weighted by molar-refractivity contribution is -0.124. The van der Waals surface area contributed by atoms with Crippen molar-refractivity contribution >= 4 is 52.5 Å². The van der Waals surface area contributed by atoms with E-state index >= 15 is 0 Å². The molecule has 1 aliphatic rings. The average molecular weight is 480 g/mol. The summed E-state index contributed by atoms with van der Waals surface area (Å²) < 4.78 is 0. The van der Waals surface area contributed by atoms with Crippen molar-refractivity contribution in [3.63, 3.8) is 0 Å². The van der Waals surface area contributed by atoms with Gasteiger partial charge in [-0.1, -0.05) is 41.4 Å². The van der Waals surface area contributed by atoms with Crippen LogP contribution in [0, 0.1) is 6.92 Å². The van der Waals surface area contributed by atoms with Crippen LogP contribution in [0.15, 0.2) is 71.6 Å². The molecule has 0 bridgehead atoms. The molecule has 33 heavy (non-hydrogen) atoms. The summed E-state index contributed by atoms with van der Waals surface area (Å²) >= 11 is 7.33. The predicted octanol–water partition coefficient (Wildman–Crippen LogP) is 5.02. The van der Waals surface area contributed by atoms with E-state index < -0.39 is 5.25 Å². The second-order valence-corrected chi connectivity index (χ2v) is 9.42. The van der Waals surface area contributed by atoms with Gasteiger partial charge in [-0.3, -0.25) is 14.4 Å². The summed E-state index contributed by atoms with van der Waals surface area (Å²) in [5, 5.41) is 8.56. The van der Waals surface area contributed by atoms with Gasteiger partial charge < -0.3 is 16.0 Å². The molecular weight excluding hydrogens is 458 g/mol. The zero-order valence-corrected chi connectivity index (χ0v) is 19.4. The quantitative estimate of drug-likeness (QED) is 0.463. The van der Waals surface area contributed by atoms with E-state index in [9.17, 15) is 14.4 Å². The van der Waals surface area contributed by atoms with Gasteiger partial charge in [0, 0.05) is 34.1 Å².